The number of unbranched alkanes of at least 4 members (excludes halogenated alkanes) is 1. The second-order valence-electron chi connectivity index (χ2n) is 26.9. The Morgan fingerprint density at radius 1 is 0.550 bits per heavy atom. The molecule has 0 aliphatic carbocycles. The van der Waals surface area contributed by atoms with Crippen LogP contribution in [0.3, 0.4) is 0 Å². The lowest BCUT2D eigenvalue weighted by Crippen LogP contribution is -2.63. The highest BCUT2D eigenvalue weighted by Gasteiger charge is 2.43. The summed E-state index contributed by atoms with van der Waals surface area (Å²) in [5, 5.41) is 50.4. The number of hydrogen-bond donors (Lipinski definition) is 16. The summed E-state index contributed by atoms with van der Waals surface area (Å²) in [7, 11) is 0. The molecule has 12 amide bonds. The molecule has 100 heavy (non-hydrogen) atoms. The van der Waals surface area contributed by atoms with Crippen LogP contribution in [0.15, 0.2) is 73.2 Å². The van der Waals surface area contributed by atoms with Gasteiger partial charge in [0.05, 0.1) is 24.9 Å². The quantitative estimate of drug-likeness (QED) is 0.0289. The summed E-state index contributed by atoms with van der Waals surface area (Å²) in [4.78, 5) is 190. The molecule has 31 nitrogen and oxygen atoms in total. The van der Waals surface area contributed by atoms with Crippen LogP contribution < -0.4 is 70.0 Å². The maximum Gasteiger partial charge on any atom is 0.326 e. The number of hydrogen-bond acceptors (Lipinski definition) is 17. The van der Waals surface area contributed by atoms with Crippen molar-refractivity contribution in [3.8, 4) is 0 Å². The standard InChI is InChI=1S/C69H104N16O15/c1-10-40(8)56(67(97)82-55(39(6)7)66(96)84-57(41(9)86)68(98)85-30-20-27-51(85)69(99)100)83-63(93)50(34-52(71)87)78-59(89)46(25-17-18-28-70)75-60(90)47(31-42-21-13-11-14-22-42)76-61(91)48(32-43-23-15-12-16-24-43)77-62(92)49(33-44-35-72-36-74-44)79-64(94)53(37(2)3)81-65(95)54(38(4)5)80-58(88)45-26-19-29-73-45/h11-16,21-24,35-41,45-51,53-57,73,86H,10,17-20,25-34,70H2,1-9H3,(H2,71,87)(H,72,74)(H,75,90)(H,76,91)(H,77,92)(H,78,89)(H,79,94)(H,80,88)(H,81,95)(H,82,97)(H,83,93)(H,84,96)(H,99,100)/t40-,41+,45-,46-,47-,48-,49-,50-,51-,53-,54-,55-,56-,57-/m0/s1. The molecule has 14 atom stereocenters. The van der Waals surface area contributed by atoms with E-state index in [9.17, 15) is 67.7 Å². The van der Waals surface area contributed by atoms with Crippen molar-refractivity contribution in [3.05, 3.63) is 90.0 Å². The van der Waals surface area contributed by atoms with Crippen LogP contribution in [0.1, 0.15) is 137 Å². The number of carboxylic acid groups (broad SMARTS) is 1. The lowest BCUT2D eigenvalue weighted by atomic mass is 9.95. The monoisotopic (exact) mass is 1400 g/mol. The number of benzene rings is 2. The van der Waals surface area contributed by atoms with Gasteiger partial charge in [-0.25, -0.2) is 9.78 Å². The van der Waals surface area contributed by atoms with Gasteiger partial charge in [-0.2, -0.15) is 0 Å². The van der Waals surface area contributed by atoms with E-state index >= 15 is 4.79 Å². The molecule has 0 saturated carbocycles. The molecule has 0 unspecified atom stereocenters. The lowest BCUT2D eigenvalue weighted by Gasteiger charge is -2.32. The average Bonchev–Trinajstić information content (AvgIpc) is 1.49. The molecule has 0 bridgehead atoms. The smallest absolute Gasteiger partial charge is 0.326 e. The highest BCUT2D eigenvalue weighted by Crippen LogP contribution is 2.21. The lowest BCUT2D eigenvalue weighted by molar-refractivity contribution is -0.151. The van der Waals surface area contributed by atoms with Gasteiger partial charge in [-0.3, -0.25) is 57.5 Å². The van der Waals surface area contributed by atoms with Gasteiger partial charge < -0.3 is 90.0 Å². The Balaban J connectivity index is 1.40. The van der Waals surface area contributed by atoms with Crippen LogP contribution >= 0.6 is 0 Å². The van der Waals surface area contributed by atoms with Crippen LogP contribution in [0, 0.1) is 23.7 Å². The Hall–Kier alpha value is -9.36. The SMILES string of the molecule is CC[C@H](C)[C@H](NC(=O)[C@H](CC(N)=O)NC(=O)[C@H](CCCCN)NC(=O)[C@H](Cc1ccccc1)NC(=O)[C@H](Cc1ccccc1)NC(=O)[C@H](Cc1cnc[nH]1)NC(=O)[C@@H](NC(=O)[C@@H](NC(=O)[C@@H]1CCCN1)C(C)C)C(C)C)C(=O)N[C@H](C(=O)N[C@H](C(=O)N1CCC[C@H]1C(=O)O)[C@@H](C)O)C(C)C. The second kappa shape index (κ2) is 40.0. The molecule has 18 N–H and O–H groups in total. The van der Waals surface area contributed by atoms with Crippen molar-refractivity contribution >= 4 is 76.9 Å². The summed E-state index contributed by atoms with van der Waals surface area (Å²) in [6, 6.07) is 1.31. The van der Waals surface area contributed by atoms with Gasteiger partial charge in [0.15, 0.2) is 0 Å². The largest absolute Gasteiger partial charge is 0.480 e. The first kappa shape index (κ1) is 81.3. The summed E-state index contributed by atoms with van der Waals surface area (Å²) in [5.41, 5.74) is 13.1. The number of primary amides is 1. The molecule has 31 heteroatoms. The van der Waals surface area contributed by atoms with Gasteiger partial charge in [0.25, 0.3) is 0 Å². The van der Waals surface area contributed by atoms with Gasteiger partial charge >= 0.3 is 5.97 Å². The molecule has 2 aliphatic rings. The maximum absolute atomic E-state index is 15.0. The Bertz CT molecular complexity index is 3240. The first-order valence-corrected chi connectivity index (χ1v) is 34.5. The zero-order valence-electron chi connectivity index (χ0n) is 58.6. The highest BCUT2D eigenvalue weighted by atomic mass is 16.4. The van der Waals surface area contributed by atoms with Crippen LogP contribution in [-0.2, 0) is 81.6 Å². The van der Waals surface area contributed by atoms with Crippen molar-refractivity contribution in [1.82, 2.24) is 73.4 Å². The van der Waals surface area contributed by atoms with Crippen LogP contribution in [0.25, 0.3) is 0 Å². The zero-order valence-corrected chi connectivity index (χ0v) is 58.6. The first-order chi connectivity index (χ1) is 47.4. The Kier molecular flexibility index (Phi) is 32.6. The zero-order chi connectivity index (χ0) is 73.9. The number of likely N-dealkylation sites (tertiary alicyclic amines) is 1. The molecular formula is C69H104N16O15. The molecular weight excluding hydrogens is 1290 g/mol. The number of carbonyl (C=O) groups excluding carboxylic acids is 12. The number of carboxylic acids is 1. The summed E-state index contributed by atoms with van der Waals surface area (Å²) in [5.74, 6) is -13.5. The molecule has 1 aromatic heterocycles. The third kappa shape index (κ3) is 24.8. The van der Waals surface area contributed by atoms with Crippen LogP contribution in [0.2, 0.25) is 0 Å². The van der Waals surface area contributed by atoms with Gasteiger partial charge in [0.1, 0.15) is 66.5 Å². The fraction of sp³-hybridized carbons (Fsp3) is 0.594. The Labute approximate surface area is 583 Å². The number of nitrogens with zero attached hydrogens (tertiary/aromatic N) is 2. The van der Waals surface area contributed by atoms with E-state index in [1.165, 1.54) is 19.4 Å². The molecule has 0 spiro atoms. The molecule has 2 saturated heterocycles. The predicted octanol–water partition coefficient (Wildman–Crippen LogP) is -1.49. The fourth-order valence-corrected chi connectivity index (χ4v) is 11.8. The number of aromatic amines is 1. The number of aliphatic carboxylic acids is 1. The fourth-order valence-electron chi connectivity index (χ4n) is 11.8. The second-order valence-corrected chi connectivity index (χ2v) is 26.9. The number of imidazole rings is 1. The minimum atomic E-state index is -1.77. The van der Waals surface area contributed by atoms with Crippen molar-refractivity contribution in [2.45, 2.75) is 218 Å². The normalized spacial score (nSPS) is 18.0. The van der Waals surface area contributed by atoms with Gasteiger partial charge in [-0.05, 0) is 99.8 Å². The summed E-state index contributed by atoms with van der Waals surface area (Å²) < 4.78 is 0. The number of H-pyrrole nitrogens is 1. The van der Waals surface area contributed by atoms with Crippen molar-refractivity contribution in [3.63, 3.8) is 0 Å². The number of amides is 12. The number of aromatic nitrogens is 2. The van der Waals surface area contributed by atoms with Gasteiger partial charge in [0.2, 0.25) is 70.9 Å². The molecule has 3 heterocycles. The Morgan fingerprint density at radius 3 is 1.46 bits per heavy atom. The minimum Gasteiger partial charge on any atom is -0.480 e. The van der Waals surface area contributed by atoms with Crippen molar-refractivity contribution in [1.29, 1.82) is 0 Å². The molecule has 3 aromatic rings. The third-order valence-corrected chi connectivity index (χ3v) is 17.8. The average molecular weight is 1400 g/mol. The van der Waals surface area contributed by atoms with Crippen LogP contribution in [-0.4, -0.2) is 200 Å². The number of nitrogens with one attached hydrogen (secondary N) is 12. The minimum absolute atomic E-state index is 0.0736. The van der Waals surface area contributed by atoms with Gasteiger partial charge in [0, 0.05) is 37.7 Å². The summed E-state index contributed by atoms with van der Waals surface area (Å²) in [6.45, 7) is 15.6. The van der Waals surface area contributed by atoms with Crippen molar-refractivity contribution in [2.75, 3.05) is 19.6 Å². The van der Waals surface area contributed by atoms with E-state index in [0.717, 1.165) is 11.3 Å². The summed E-state index contributed by atoms with van der Waals surface area (Å²) >= 11 is 0. The maximum atomic E-state index is 15.0. The van der Waals surface area contributed by atoms with Crippen LogP contribution in [0.5, 0.6) is 0 Å². The summed E-state index contributed by atoms with van der Waals surface area (Å²) in [6.07, 6.45) is 2.78. The third-order valence-electron chi connectivity index (χ3n) is 17.8. The van der Waals surface area contributed by atoms with Crippen LogP contribution in [0.4, 0.5) is 0 Å². The van der Waals surface area contributed by atoms with E-state index in [1.54, 1.807) is 116 Å². The number of nitrogens with two attached hydrogens (primary N) is 2. The number of aliphatic hydroxyl groups excluding tert-OH is 1. The first-order valence-electron chi connectivity index (χ1n) is 34.5. The molecule has 2 fully saturated rings. The van der Waals surface area contributed by atoms with E-state index in [4.69, 9.17) is 11.5 Å². The Morgan fingerprint density at radius 2 is 1.00 bits per heavy atom. The molecule has 2 aliphatic heterocycles. The predicted molar refractivity (Wildman–Crippen MR) is 368 cm³/mol. The van der Waals surface area contributed by atoms with E-state index < -0.39 is 174 Å². The molecule has 5 rings (SSSR count). The van der Waals surface area contributed by atoms with E-state index in [2.05, 4.69) is 68.5 Å². The molecule has 2 aromatic carbocycles. The van der Waals surface area contributed by atoms with Gasteiger partial charge in [-0.1, -0.05) is 122 Å². The van der Waals surface area contributed by atoms with Crippen molar-refractivity contribution < 1.29 is 72.5 Å². The topological polar surface area (TPSA) is 479 Å². The van der Waals surface area contributed by atoms with Gasteiger partial charge in [-0.15, -0.1) is 0 Å². The van der Waals surface area contributed by atoms with Crippen molar-refractivity contribution in [2.24, 2.45) is 35.1 Å². The number of carbonyl (C=O) groups is 13. The van der Waals surface area contributed by atoms with E-state index in [0.29, 0.717) is 42.6 Å². The van der Waals surface area contributed by atoms with E-state index in [-0.39, 0.29) is 69.9 Å². The number of aliphatic hydroxyl groups is 1. The number of rotatable bonds is 40. The molecule has 0 radical (unpaired) electrons. The van der Waals surface area contributed by atoms with E-state index in [1.807, 2.05) is 0 Å². The molecule has 550 valence electrons. The highest BCUT2D eigenvalue weighted by molar-refractivity contribution is 6.00.